The molecule has 1 amide bonds. The third-order valence-electron chi connectivity index (χ3n) is 6.53. The summed E-state index contributed by atoms with van der Waals surface area (Å²) in [7, 11) is 0. The zero-order chi connectivity index (χ0) is 27.6. The van der Waals surface area contributed by atoms with Gasteiger partial charge in [-0.05, 0) is 55.3 Å². The Kier molecular flexibility index (Phi) is 6.78. The number of nitro groups is 1. The largest absolute Gasteiger partial charge is 0.491 e. The number of hydrogen-bond donors (Lipinski definition) is 1. The predicted octanol–water partition coefficient (Wildman–Crippen LogP) is 5.22. The molecule has 11 nitrogen and oxygen atoms in total. The lowest BCUT2D eigenvalue weighted by atomic mass is 10.2. The Morgan fingerprint density at radius 1 is 1.12 bits per heavy atom. The minimum Gasteiger partial charge on any atom is -0.491 e. The number of halogens is 1. The number of thiophene rings is 1. The van der Waals surface area contributed by atoms with Crippen LogP contribution >= 0.6 is 11.3 Å². The van der Waals surface area contributed by atoms with Crippen molar-refractivity contribution in [3.63, 3.8) is 0 Å². The molecular formula is C27H22FN7O4S. The molecule has 0 saturated carbocycles. The summed E-state index contributed by atoms with van der Waals surface area (Å²) >= 11 is 0.774. The van der Waals surface area contributed by atoms with E-state index in [1.807, 2.05) is 35.2 Å². The van der Waals surface area contributed by atoms with Gasteiger partial charge in [-0.1, -0.05) is 29.5 Å². The van der Waals surface area contributed by atoms with E-state index in [-0.39, 0.29) is 27.6 Å². The molecule has 1 aliphatic rings. The predicted molar refractivity (Wildman–Crippen MR) is 148 cm³/mol. The van der Waals surface area contributed by atoms with Gasteiger partial charge in [0.2, 0.25) is 5.95 Å². The number of rotatable bonds is 8. The van der Waals surface area contributed by atoms with E-state index in [9.17, 15) is 19.3 Å². The third kappa shape index (κ3) is 5.06. The van der Waals surface area contributed by atoms with E-state index in [2.05, 4.69) is 10.4 Å². The van der Waals surface area contributed by atoms with Crippen LogP contribution in [0.5, 0.6) is 5.75 Å². The van der Waals surface area contributed by atoms with Crippen LogP contribution in [0.25, 0.3) is 16.7 Å². The molecule has 1 saturated heterocycles. The maximum atomic E-state index is 13.6. The van der Waals surface area contributed by atoms with Crippen molar-refractivity contribution in [2.45, 2.75) is 18.9 Å². The molecule has 0 radical (unpaired) electrons. The highest BCUT2D eigenvalue weighted by molar-refractivity contribution is 7.17. The molecule has 6 rings (SSSR count). The molecule has 0 aliphatic carbocycles. The first-order valence-electron chi connectivity index (χ1n) is 12.5. The van der Waals surface area contributed by atoms with Crippen LogP contribution in [0.2, 0.25) is 0 Å². The quantitative estimate of drug-likeness (QED) is 0.202. The summed E-state index contributed by atoms with van der Waals surface area (Å²) in [4.78, 5) is 35.4. The first kappa shape index (κ1) is 25.4. The van der Waals surface area contributed by atoms with E-state index in [4.69, 9.17) is 14.7 Å². The number of nitrogens with zero attached hydrogens (tertiary/aromatic N) is 6. The molecule has 3 aromatic heterocycles. The van der Waals surface area contributed by atoms with Gasteiger partial charge in [0.05, 0.1) is 33.1 Å². The molecule has 0 bridgehead atoms. The molecule has 40 heavy (non-hydrogen) atoms. The van der Waals surface area contributed by atoms with Crippen LogP contribution in [0.1, 0.15) is 22.5 Å². The van der Waals surface area contributed by atoms with Crippen molar-refractivity contribution in [3.8, 4) is 11.4 Å². The first-order chi connectivity index (χ1) is 19.5. The molecule has 2 aromatic carbocycles. The fourth-order valence-electron chi connectivity index (χ4n) is 4.59. The molecular weight excluding hydrogens is 537 g/mol. The van der Waals surface area contributed by atoms with Gasteiger partial charge in [0, 0.05) is 12.6 Å². The number of nitrogens with one attached hydrogen (secondary N) is 1. The lowest BCUT2D eigenvalue weighted by molar-refractivity contribution is -0.380. The molecule has 13 heteroatoms. The van der Waals surface area contributed by atoms with Gasteiger partial charge >= 0.3 is 5.00 Å². The molecule has 5 aromatic rings. The van der Waals surface area contributed by atoms with Crippen molar-refractivity contribution >= 4 is 45.0 Å². The zero-order valence-corrected chi connectivity index (χ0v) is 21.8. The molecule has 0 spiro atoms. The van der Waals surface area contributed by atoms with Crippen molar-refractivity contribution < 1.29 is 18.8 Å². The van der Waals surface area contributed by atoms with Crippen LogP contribution in [-0.4, -0.2) is 49.8 Å². The molecule has 202 valence electrons. The van der Waals surface area contributed by atoms with E-state index >= 15 is 0 Å². The monoisotopic (exact) mass is 559 g/mol. The molecule has 4 heterocycles. The third-order valence-corrected chi connectivity index (χ3v) is 7.57. The lowest BCUT2D eigenvalue weighted by Gasteiger charge is -2.25. The number of hydrogen-bond acceptors (Lipinski definition) is 9. The standard InChI is InChI=1S/C27H22FN7O4S/c28-17-8-10-18(11-9-17)34-25-21(15-29-34)24(30-26(36)22-12-13-23(40-22)35(37)38)31-27(32-25)33-14-4-5-19(33)16-39-20-6-2-1-3-7-20/h1-3,6-13,15,19H,4-5,14,16H2,(H,30,31,32,36). The fraction of sp³-hybridized carbons (Fsp3) is 0.185. The van der Waals surface area contributed by atoms with Crippen molar-refractivity contribution in [1.82, 2.24) is 19.7 Å². The second-order valence-electron chi connectivity index (χ2n) is 9.10. The number of fused-ring (bicyclic) bond motifs is 1. The average Bonchev–Trinajstić information content (AvgIpc) is 3.73. The maximum absolute atomic E-state index is 13.6. The lowest BCUT2D eigenvalue weighted by Crippen LogP contribution is -2.35. The SMILES string of the molecule is O=C(Nc1nc(N2CCCC2COc2ccccc2)nc2c1cnn2-c1ccc(F)cc1)c1ccc([N+](=O)[O-])s1. The van der Waals surface area contributed by atoms with Crippen LogP contribution < -0.4 is 15.0 Å². The Labute approximate surface area is 231 Å². The Bertz CT molecular complexity index is 1690. The second kappa shape index (κ2) is 10.7. The van der Waals surface area contributed by atoms with E-state index in [1.54, 1.807) is 16.8 Å². The Balaban J connectivity index is 1.37. The van der Waals surface area contributed by atoms with Crippen LogP contribution in [0.3, 0.4) is 0 Å². The number of anilines is 2. The second-order valence-corrected chi connectivity index (χ2v) is 10.2. The Morgan fingerprint density at radius 2 is 1.93 bits per heavy atom. The smallest absolute Gasteiger partial charge is 0.324 e. The van der Waals surface area contributed by atoms with Gasteiger partial charge in [0.1, 0.15) is 24.0 Å². The van der Waals surface area contributed by atoms with Gasteiger partial charge in [-0.15, -0.1) is 0 Å². The molecule has 1 N–H and O–H groups in total. The highest BCUT2D eigenvalue weighted by Crippen LogP contribution is 2.31. The van der Waals surface area contributed by atoms with Gasteiger partial charge in [-0.25, -0.2) is 9.07 Å². The van der Waals surface area contributed by atoms with Crippen molar-refractivity contribution in [2.75, 3.05) is 23.4 Å². The molecule has 1 aliphatic heterocycles. The minimum atomic E-state index is -0.541. The number of benzene rings is 2. The topological polar surface area (TPSA) is 128 Å². The summed E-state index contributed by atoms with van der Waals surface area (Å²) in [5.41, 5.74) is 0.997. The maximum Gasteiger partial charge on any atom is 0.324 e. The summed E-state index contributed by atoms with van der Waals surface area (Å²) < 4.78 is 21.2. The van der Waals surface area contributed by atoms with E-state index in [1.165, 1.54) is 30.5 Å². The van der Waals surface area contributed by atoms with Crippen LogP contribution in [-0.2, 0) is 0 Å². The zero-order valence-electron chi connectivity index (χ0n) is 20.9. The normalized spacial score (nSPS) is 14.9. The van der Waals surface area contributed by atoms with Crippen LogP contribution in [0, 0.1) is 15.9 Å². The number of ether oxygens (including phenoxy) is 1. The number of carbonyl (C=O) groups is 1. The summed E-state index contributed by atoms with van der Waals surface area (Å²) in [6.07, 6.45) is 3.29. The van der Waals surface area contributed by atoms with Gasteiger partial charge in [0.15, 0.2) is 5.65 Å². The van der Waals surface area contributed by atoms with Crippen LogP contribution in [0.15, 0.2) is 72.9 Å². The molecule has 1 unspecified atom stereocenters. The van der Waals surface area contributed by atoms with Gasteiger partial charge in [-0.2, -0.15) is 15.1 Å². The van der Waals surface area contributed by atoms with Crippen molar-refractivity contribution in [3.05, 3.63) is 93.7 Å². The first-order valence-corrected chi connectivity index (χ1v) is 13.3. The Morgan fingerprint density at radius 3 is 2.67 bits per heavy atom. The summed E-state index contributed by atoms with van der Waals surface area (Å²) in [5, 5.41) is 18.7. The molecule has 1 fully saturated rings. The van der Waals surface area contributed by atoms with Gasteiger partial charge in [0.25, 0.3) is 5.91 Å². The van der Waals surface area contributed by atoms with E-state index in [0.717, 1.165) is 29.9 Å². The number of aromatic nitrogens is 4. The number of amides is 1. The van der Waals surface area contributed by atoms with Gasteiger partial charge < -0.3 is 15.0 Å². The highest BCUT2D eigenvalue weighted by Gasteiger charge is 2.29. The number of para-hydroxylation sites is 1. The van der Waals surface area contributed by atoms with E-state index in [0.29, 0.717) is 35.8 Å². The summed E-state index contributed by atoms with van der Waals surface area (Å²) in [6, 6.07) is 18.0. The fourth-order valence-corrected chi connectivity index (χ4v) is 5.31. The Hall–Kier alpha value is -4.91. The summed E-state index contributed by atoms with van der Waals surface area (Å²) in [6.45, 7) is 1.10. The van der Waals surface area contributed by atoms with Crippen LogP contribution in [0.4, 0.5) is 21.2 Å². The van der Waals surface area contributed by atoms with Crippen molar-refractivity contribution in [1.29, 1.82) is 0 Å². The van der Waals surface area contributed by atoms with Crippen molar-refractivity contribution in [2.24, 2.45) is 0 Å². The molecule has 1 atom stereocenters. The highest BCUT2D eigenvalue weighted by atomic mass is 32.1. The van der Waals surface area contributed by atoms with E-state index < -0.39 is 10.8 Å². The minimum absolute atomic E-state index is 0.0108. The summed E-state index contributed by atoms with van der Waals surface area (Å²) in [5.74, 6) is 0.431. The average molecular weight is 560 g/mol. The number of carbonyl (C=O) groups excluding carboxylic acids is 1. The van der Waals surface area contributed by atoms with Gasteiger partial charge in [-0.3, -0.25) is 14.9 Å².